The highest BCUT2D eigenvalue weighted by molar-refractivity contribution is 6.35. The molecule has 3 rings (SSSR count). The quantitative estimate of drug-likeness (QED) is 0.935. The van der Waals surface area contributed by atoms with Gasteiger partial charge in [0.25, 0.3) is 5.91 Å². The lowest BCUT2D eigenvalue weighted by atomic mass is 10.1. The molecule has 1 aliphatic rings. The molecule has 122 valence electrons. The smallest absolute Gasteiger partial charge is 0.259 e. The van der Waals surface area contributed by atoms with Crippen LogP contribution in [0.3, 0.4) is 0 Å². The van der Waals surface area contributed by atoms with E-state index >= 15 is 0 Å². The molecule has 2 heterocycles. The Balaban J connectivity index is 1.85. The number of para-hydroxylation sites is 1. The van der Waals surface area contributed by atoms with Crippen LogP contribution in [0.2, 0.25) is 5.02 Å². The van der Waals surface area contributed by atoms with Crippen molar-refractivity contribution in [2.24, 2.45) is 5.92 Å². The molecule has 0 saturated carbocycles. The molecule has 1 aromatic carbocycles. The highest BCUT2D eigenvalue weighted by atomic mass is 35.5. The Morgan fingerprint density at radius 3 is 3.09 bits per heavy atom. The maximum Gasteiger partial charge on any atom is 0.259 e. The average molecular weight is 335 g/mol. The number of hydrogen-bond acceptors (Lipinski definition) is 3. The number of amides is 1. The number of carbonyl (C=O) groups is 1. The lowest BCUT2D eigenvalue weighted by molar-refractivity contribution is 0.0761. The zero-order valence-corrected chi connectivity index (χ0v) is 13.7. The molecular formula is C17H19ClN2O3. The summed E-state index contributed by atoms with van der Waals surface area (Å²) in [7, 11) is 0. The minimum Gasteiger partial charge on any atom is -0.381 e. The third-order valence-electron chi connectivity index (χ3n) is 4.22. The van der Waals surface area contributed by atoms with Crippen LogP contribution in [0.15, 0.2) is 29.2 Å². The summed E-state index contributed by atoms with van der Waals surface area (Å²) < 4.78 is 5.43. The van der Waals surface area contributed by atoms with Crippen LogP contribution in [0.1, 0.15) is 23.7 Å². The number of halogens is 1. The molecule has 1 aliphatic heterocycles. The molecule has 1 aromatic heterocycles. The van der Waals surface area contributed by atoms with E-state index in [-0.39, 0.29) is 16.9 Å². The molecule has 0 bridgehead atoms. The van der Waals surface area contributed by atoms with Gasteiger partial charge in [0.05, 0.1) is 17.1 Å². The van der Waals surface area contributed by atoms with Crippen molar-refractivity contribution in [2.45, 2.75) is 13.3 Å². The van der Waals surface area contributed by atoms with Crippen molar-refractivity contribution in [2.75, 3.05) is 26.3 Å². The van der Waals surface area contributed by atoms with Gasteiger partial charge in [0, 0.05) is 37.2 Å². The molecule has 1 saturated heterocycles. The molecule has 1 amide bonds. The fourth-order valence-corrected chi connectivity index (χ4v) is 3.21. The van der Waals surface area contributed by atoms with Crippen LogP contribution >= 0.6 is 11.6 Å². The summed E-state index contributed by atoms with van der Waals surface area (Å²) in [5.74, 6) is 0.111. The highest BCUT2D eigenvalue weighted by Gasteiger charge is 2.28. The molecule has 0 spiro atoms. The van der Waals surface area contributed by atoms with Gasteiger partial charge in [0.1, 0.15) is 5.56 Å². The third kappa shape index (κ3) is 3.12. The normalized spacial score (nSPS) is 17.8. The second-order valence-electron chi connectivity index (χ2n) is 5.76. The van der Waals surface area contributed by atoms with Crippen LogP contribution in [0, 0.1) is 5.92 Å². The Morgan fingerprint density at radius 1 is 1.48 bits per heavy atom. The number of likely N-dealkylation sites (tertiary alicyclic amines) is 1. The maximum atomic E-state index is 12.6. The van der Waals surface area contributed by atoms with Crippen molar-refractivity contribution in [3.8, 4) is 0 Å². The zero-order chi connectivity index (χ0) is 16.4. The van der Waals surface area contributed by atoms with E-state index in [1.165, 1.54) is 6.20 Å². The molecule has 1 N–H and O–H groups in total. The van der Waals surface area contributed by atoms with Crippen molar-refractivity contribution in [1.29, 1.82) is 0 Å². The second-order valence-corrected chi connectivity index (χ2v) is 6.17. The Kier molecular flexibility index (Phi) is 4.68. The van der Waals surface area contributed by atoms with Gasteiger partial charge >= 0.3 is 0 Å². The van der Waals surface area contributed by atoms with Crippen LogP contribution in [-0.2, 0) is 4.74 Å². The van der Waals surface area contributed by atoms with E-state index in [0.29, 0.717) is 48.1 Å². The largest absolute Gasteiger partial charge is 0.381 e. The average Bonchev–Trinajstić information content (AvgIpc) is 3.02. The highest BCUT2D eigenvalue weighted by Crippen LogP contribution is 2.21. The topological polar surface area (TPSA) is 62.4 Å². The van der Waals surface area contributed by atoms with Gasteiger partial charge in [-0.1, -0.05) is 17.7 Å². The number of nitrogens with zero attached hydrogens (tertiary/aromatic N) is 1. The Bertz CT molecular complexity index is 787. The maximum absolute atomic E-state index is 12.6. The monoisotopic (exact) mass is 334 g/mol. The Labute approximate surface area is 139 Å². The molecule has 0 radical (unpaired) electrons. The number of carbonyl (C=O) groups excluding carboxylic acids is 1. The summed E-state index contributed by atoms with van der Waals surface area (Å²) in [5.41, 5.74) is 0.447. The van der Waals surface area contributed by atoms with E-state index in [1.54, 1.807) is 23.1 Å². The van der Waals surface area contributed by atoms with Gasteiger partial charge in [-0.15, -0.1) is 0 Å². The van der Waals surface area contributed by atoms with Crippen molar-refractivity contribution in [3.63, 3.8) is 0 Å². The van der Waals surface area contributed by atoms with Crippen molar-refractivity contribution >= 4 is 28.4 Å². The van der Waals surface area contributed by atoms with Gasteiger partial charge in [-0.05, 0) is 25.5 Å². The molecule has 6 heteroatoms. The molecule has 1 fully saturated rings. The first kappa shape index (κ1) is 16.0. The summed E-state index contributed by atoms with van der Waals surface area (Å²) in [5, 5.41) is 0.907. The van der Waals surface area contributed by atoms with E-state index < -0.39 is 0 Å². The predicted octanol–water partition coefficient (Wildman–Crippen LogP) is 2.68. The first-order valence-electron chi connectivity index (χ1n) is 7.78. The molecule has 0 unspecified atom stereocenters. The van der Waals surface area contributed by atoms with E-state index in [0.717, 1.165) is 6.42 Å². The molecular weight excluding hydrogens is 316 g/mol. The molecule has 1 atom stereocenters. The number of nitrogens with one attached hydrogen (secondary N) is 1. The second kappa shape index (κ2) is 6.72. The number of ether oxygens (including phenoxy) is 1. The van der Waals surface area contributed by atoms with Gasteiger partial charge in [-0.3, -0.25) is 9.59 Å². The number of rotatable bonds is 4. The van der Waals surface area contributed by atoms with Crippen LogP contribution in [0.4, 0.5) is 0 Å². The SMILES string of the molecule is CCOC[C@H]1CCN(C(=O)c2c[nH]c3c(Cl)cccc3c2=O)C1. The first-order valence-corrected chi connectivity index (χ1v) is 8.16. The van der Waals surface area contributed by atoms with E-state index in [9.17, 15) is 9.59 Å². The van der Waals surface area contributed by atoms with Crippen LogP contribution < -0.4 is 5.43 Å². The van der Waals surface area contributed by atoms with Crippen LogP contribution in [0.25, 0.3) is 10.9 Å². The van der Waals surface area contributed by atoms with Crippen molar-refractivity contribution in [3.05, 3.63) is 45.2 Å². The summed E-state index contributed by atoms with van der Waals surface area (Å²) in [6.45, 7) is 4.58. The summed E-state index contributed by atoms with van der Waals surface area (Å²) >= 11 is 6.08. The Hall–Kier alpha value is -1.85. The number of pyridine rings is 1. The van der Waals surface area contributed by atoms with E-state index in [1.807, 2.05) is 6.92 Å². The number of H-pyrrole nitrogens is 1. The Morgan fingerprint density at radius 2 is 2.30 bits per heavy atom. The summed E-state index contributed by atoms with van der Waals surface area (Å²) in [6.07, 6.45) is 2.37. The summed E-state index contributed by atoms with van der Waals surface area (Å²) in [4.78, 5) is 29.9. The molecule has 5 nitrogen and oxygen atoms in total. The fourth-order valence-electron chi connectivity index (χ4n) is 2.98. The lowest BCUT2D eigenvalue weighted by Gasteiger charge is -2.16. The molecule has 0 aliphatic carbocycles. The van der Waals surface area contributed by atoms with Crippen LogP contribution in [0.5, 0.6) is 0 Å². The zero-order valence-electron chi connectivity index (χ0n) is 13.0. The fraction of sp³-hybridized carbons (Fsp3) is 0.412. The van der Waals surface area contributed by atoms with Gasteiger partial charge in [-0.2, -0.15) is 0 Å². The number of hydrogen-bond donors (Lipinski definition) is 1. The van der Waals surface area contributed by atoms with Gasteiger partial charge in [0.15, 0.2) is 0 Å². The van der Waals surface area contributed by atoms with E-state index in [4.69, 9.17) is 16.3 Å². The van der Waals surface area contributed by atoms with Gasteiger partial charge in [-0.25, -0.2) is 0 Å². The number of aromatic nitrogens is 1. The van der Waals surface area contributed by atoms with Gasteiger partial charge in [0.2, 0.25) is 5.43 Å². The predicted molar refractivity (Wildman–Crippen MR) is 90.1 cm³/mol. The number of aromatic amines is 1. The number of fused-ring (bicyclic) bond motifs is 1. The van der Waals surface area contributed by atoms with Crippen molar-refractivity contribution < 1.29 is 9.53 Å². The standard InChI is InChI=1S/C17H19ClN2O3/c1-2-23-10-11-6-7-20(9-11)17(22)13-8-19-15-12(16(13)21)4-3-5-14(15)18/h3-5,8,11H,2,6-7,9-10H2,1H3,(H,19,21)/t11-/m0/s1. The van der Waals surface area contributed by atoms with Gasteiger partial charge < -0.3 is 14.6 Å². The molecule has 2 aromatic rings. The number of benzene rings is 1. The third-order valence-corrected chi connectivity index (χ3v) is 4.54. The lowest BCUT2D eigenvalue weighted by Crippen LogP contribution is -2.33. The van der Waals surface area contributed by atoms with Crippen molar-refractivity contribution in [1.82, 2.24) is 9.88 Å². The summed E-state index contributed by atoms with van der Waals surface area (Å²) in [6, 6.07) is 5.10. The van der Waals surface area contributed by atoms with E-state index in [2.05, 4.69) is 4.98 Å². The first-order chi connectivity index (χ1) is 11.1. The minimum atomic E-state index is -0.278. The molecule has 23 heavy (non-hydrogen) atoms. The minimum absolute atomic E-state index is 0.164. The van der Waals surface area contributed by atoms with Crippen LogP contribution in [-0.4, -0.2) is 42.1 Å².